The molecule has 2 saturated heterocycles. The van der Waals surface area contributed by atoms with E-state index in [9.17, 15) is 18.3 Å². The molecule has 0 unspecified atom stereocenters. The molecule has 6 nitrogen and oxygen atoms in total. The Balaban J connectivity index is 1.72. The molecular formula is C14H19F3N4O2. The lowest BCUT2D eigenvalue weighted by Gasteiger charge is -2.35. The highest BCUT2D eigenvalue weighted by atomic mass is 19.4. The van der Waals surface area contributed by atoms with E-state index >= 15 is 0 Å². The summed E-state index contributed by atoms with van der Waals surface area (Å²) in [6.07, 6.45) is -3.77. The summed E-state index contributed by atoms with van der Waals surface area (Å²) in [5.41, 5.74) is 0. The first-order valence-electron chi connectivity index (χ1n) is 7.62. The summed E-state index contributed by atoms with van der Waals surface area (Å²) in [6, 6.07) is 1.70. The van der Waals surface area contributed by atoms with Crippen molar-refractivity contribution < 1.29 is 23.0 Å². The van der Waals surface area contributed by atoms with Crippen LogP contribution in [0, 0.1) is 0 Å². The predicted molar refractivity (Wildman–Crippen MR) is 77.5 cm³/mol. The highest BCUT2D eigenvalue weighted by Crippen LogP contribution is 2.28. The van der Waals surface area contributed by atoms with Crippen molar-refractivity contribution >= 4 is 11.6 Å². The lowest BCUT2D eigenvalue weighted by atomic mass is 10.1. The van der Waals surface area contributed by atoms with E-state index in [1.807, 2.05) is 4.90 Å². The zero-order valence-corrected chi connectivity index (χ0v) is 12.5. The molecule has 9 heteroatoms. The molecule has 0 amide bonds. The maximum Gasteiger partial charge on any atom is 0.416 e. The van der Waals surface area contributed by atoms with Gasteiger partial charge in [-0.15, -0.1) is 0 Å². The van der Waals surface area contributed by atoms with Crippen molar-refractivity contribution in [3.05, 3.63) is 12.4 Å². The second-order valence-electron chi connectivity index (χ2n) is 5.80. The number of aromatic nitrogens is 2. The zero-order chi connectivity index (χ0) is 16.4. The largest absolute Gasteiger partial charge is 0.416 e. The van der Waals surface area contributed by atoms with Crippen LogP contribution in [0.2, 0.25) is 0 Å². The molecule has 0 radical (unpaired) electrons. The van der Waals surface area contributed by atoms with Crippen LogP contribution in [0.5, 0.6) is 0 Å². The van der Waals surface area contributed by atoms with Gasteiger partial charge in [0.25, 0.3) is 0 Å². The molecule has 3 rings (SSSR count). The molecule has 3 heterocycles. The van der Waals surface area contributed by atoms with E-state index in [0.29, 0.717) is 44.1 Å². The van der Waals surface area contributed by atoms with Gasteiger partial charge in [0.05, 0.1) is 19.3 Å². The standard InChI is InChI=1S/C14H19F3N4O2/c15-14(16,17)11-8-21(5-6-23-11)13-7-12(18-9-19-13)20-3-1-10(22)2-4-20/h7,9-11,22H,1-6,8H2/t11-/m1/s1. The lowest BCUT2D eigenvalue weighted by Crippen LogP contribution is -2.49. The van der Waals surface area contributed by atoms with Crippen molar-refractivity contribution in [2.45, 2.75) is 31.2 Å². The molecule has 1 aromatic heterocycles. The van der Waals surface area contributed by atoms with Crippen molar-refractivity contribution in [3.63, 3.8) is 0 Å². The van der Waals surface area contributed by atoms with Crippen LogP contribution in [0.25, 0.3) is 0 Å². The Morgan fingerprint density at radius 1 is 1.09 bits per heavy atom. The van der Waals surface area contributed by atoms with Crippen LogP contribution in [0.3, 0.4) is 0 Å². The third kappa shape index (κ3) is 3.84. The average Bonchev–Trinajstić information content (AvgIpc) is 2.55. The minimum atomic E-state index is -4.38. The quantitative estimate of drug-likeness (QED) is 0.878. The molecule has 2 fully saturated rings. The van der Waals surface area contributed by atoms with Gasteiger partial charge in [-0.05, 0) is 12.8 Å². The molecule has 23 heavy (non-hydrogen) atoms. The fourth-order valence-corrected chi connectivity index (χ4v) is 2.83. The Kier molecular flexibility index (Phi) is 4.58. The van der Waals surface area contributed by atoms with Crippen molar-refractivity contribution in [1.29, 1.82) is 0 Å². The van der Waals surface area contributed by atoms with Crippen molar-refractivity contribution in [2.75, 3.05) is 42.6 Å². The Labute approximate surface area is 131 Å². The fourth-order valence-electron chi connectivity index (χ4n) is 2.83. The van der Waals surface area contributed by atoms with Gasteiger partial charge in [0, 0.05) is 25.7 Å². The van der Waals surface area contributed by atoms with E-state index in [1.165, 1.54) is 6.33 Å². The summed E-state index contributed by atoms with van der Waals surface area (Å²) < 4.78 is 43.3. The molecule has 1 aromatic rings. The van der Waals surface area contributed by atoms with Crippen LogP contribution in [0.4, 0.5) is 24.8 Å². The van der Waals surface area contributed by atoms with E-state index in [-0.39, 0.29) is 19.3 Å². The van der Waals surface area contributed by atoms with E-state index < -0.39 is 12.3 Å². The van der Waals surface area contributed by atoms with Gasteiger partial charge in [-0.2, -0.15) is 13.2 Å². The van der Waals surface area contributed by atoms with Gasteiger partial charge in [-0.25, -0.2) is 9.97 Å². The number of ether oxygens (including phenoxy) is 1. The Morgan fingerprint density at radius 3 is 2.39 bits per heavy atom. The van der Waals surface area contributed by atoms with Crippen LogP contribution < -0.4 is 9.80 Å². The number of hydrogen-bond acceptors (Lipinski definition) is 6. The molecule has 2 aliphatic rings. The number of morpholine rings is 1. The summed E-state index contributed by atoms with van der Waals surface area (Å²) in [7, 11) is 0. The monoisotopic (exact) mass is 332 g/mol. The highest BCUT2D eigenvalue weighted by molar-refractivity contribution is 5.50. The number of hydrogen-bond donors (Lipinski definition) is 1. The van der Waals surface area contributed by atoms with Crippen LogP contribution >= 0.6 is 0 Å². The molecule has 0 bridgehead atoms. The minimum absolute atomic E-state index is 0.0133. The maximum absolute atomic E-state index is 12.8. The first-order chi connectivity index (χ1) is 10.9. The lowest BCUT2D eigenvalue weighted by molar-refractivity contribution is -0.221. The summed E-state index contributed by atoms with van der Waals surface area (Å²) >= 11 is 0. The van der Waals surface area contributed by atoms with Crippen molar-refractivity contribution in [1.82, 2.24) is 9.97 Å². The molecule has 0 saturated carbocycles. The van der Waals surface area contributed by atoms with Gasteiger partial charge in [0.2, 0.25) is 0 Å². The van der Waals surface area contributed by atoms with Crippen molar-refractivity contribution in [2.24, 2.45) is 0 Å². The third-order valence-corrected chi connectivity index (χ3v) is 4.18. The van der Waals surface area contributed by atoms with E-state index in [1.54, 1.807) is 11.0 Å². The van der Waals surface area contributed by atoms with Crippen LogP contribution in [-0.4, -0.2) is 66.2 Å². The smallest absolute Gasteiger partial charge is 0.393 e. The van der Waals surface area contributed by atoms with Gasteiger partial charge in [0.1, 0.15) is 18.0 Å². The normalized spacial score (nSPS) is 24.1. The first-order valence-corrected chi connectivity index (χ1v) is 7.62. The topological polar surface area (TPSA) is 61.7 Å². The third-order valence-electron chi connectivity index (χ3n) is 4.18. The molecule has 128 valence electrons. The molecule has 1 atom stereocenters. The average molecular weight is 332 g/mol. The number of piperidine rings is 1. The number of halogens is 3. The molecule has 1 N–H and O–H groups in total. The maximum atomic E-state index is 12.8. The van der Waals surface area contributed by atoms with Crippen LogP contribution in [0.1, 0.15) is 12.8 Å². The molecule has 0 aliphatic carbocycles. The molecular weight excluding hydrogens is 313 g/mol. The number of anilines is 2. The Hall–Kier alpha value is -1.61. The number of rotatable bonds is 2. The van der Waals surface area contributed by atoms with E-state index in [2.05, 4.69) is 9.97 Å². The van der Waals surface area contributed by atoms with E-state index in [4.69, 9.17) is 4.74 Å². The van der Waals surface area contributed by atoms with Crippen molar-refractivity contribution in [3.8, 4) is 0 Å². The Bertz CT molecular complexity index is 535. The summed E-state index contributed by atoms with van der Waals surface area (Å²) in [4.78, 5) is 11.9. The summed E-state index contributed by atoms with van der Waals surface area (Å²) in [5, 5.41) is 9.55. The number of alkyl halides is 3. The molecule has 0 aromatic carbocycles. The second kappa shape index (κ2) is 6.48. The first kappa shape index (κ1) is 16.3. The minimum Gasteiger partial charge on any atom is -0.393 e. The van der Waals surface area contributed by atoms with Crippen LogP contribution in [-0.2, 0) is 4.74 Å². The van der Waals surface area contributed by atoms with Crippen LogP contribution in [0.15, 0.2) is 12.4 Å². The van der Waals surface area contributed by atoms with Gasteiger partial charge in [-0.1, -0.05) is 0 Å². The number of nitrogens with zero attached hydrogens (tertiary/aromatic N) is 4. The Morgan fingerprint density at radius 2 is 1.74 bits per heavy atom. The molecule has 0 spiro atoms. The van der Waals surface area contributed by atoms with Gasteiger partial charge < -0.3 is 19.6 Å². The molecule has 2 aliphatic heterocycles. The highest BCUT2D eigenvalue weighted by Gasteiger charge is 2.43. The van der Waals surface area contributed by atoms with Gasteiger partial charge in [-0.3, -0.25) is 0 Å². The predicted octanol–water partition coefficient (Wildman–Crippen LogP) is 1.21. The van der Waals surface area contributed by atoms with Gasteiger partial charge in [0.15, 0.2) is 6.10 Å². The fraction of sp³-hybridized carbons (Fsp3) is 0.714. The summed E-state index contributed by atoms with van der Waals surface area (Å²) in [6.45, 7) is 1.46. The number of aliphatic hydroxyl groups excluding tert-OH is 1. The second-order valence-corrected chi connectivity index (χ2v) is 5.80. The van der Waals surface area contributed by atoms with E-state index in [0.717, 1.165) is 0 Å². The SMILES string of the molecule is OC1CCN(c2cc(N3CCO[C@@H](C(F)(F)F)C3)ncn2)CC1. The zero-order valence-electron chi connectivity index (χ0n) is 12.5. The summed E-state index contributed by atoms with van der Waals surface area (Å²) in [5.74, 6) is 1.15. The van der Waals surface area contributed by atoms with Gasteiger partial charge >= 0.3 is 6.18 Å². The number of aliphatic hydroxyl groups is 1.